The molecule has 12 nitrogen and oxygen atoms in total. The molecule has 2 spiro atoms. The first-order valence-corrected chi connectivity index (χ1v) is 21.5. The Bertz CT molecular complexity index is 1560. The predicted molar refractivity (Wildman–Crippen MR) is 210 cm³/mol. The number of hydrogen-bond acceptors (Lipinski definition) is 7. The van der Waals surface area contributed by atoms with Crippen LogP contribution in [0.1, 0.15) is 145 Å². The third-order valence-corrected chi connectivity index (χ3v) is 14.7. The van der Waals surface area contributed by atoms with Crippen molar-refractivity contribution in [1.29, 1.82) is 0 Å². The summed E-state index contributed by atoms with van der Waals surface area (Å²) in [5, 5.41) is 11.9. The van der Waals surface area contributed by atoms with Crippen LogP contribution in [-0.4, -0.2) is 95.5 Å². The second kappa shape index (κ2) is 15.9. The van der Waals surface area contributed by atoms with Crippen LogP contribution in [0.3, 0.4) is 0 Å². The van der Waals surface area contributed by atoms with E-state index in [9.17, 15) is 24.0 Å². The fraction of sp³-hybridized carbons (Fsp3) is 0.814. The molecule has 0 unspecified atom stereocenters. The Morgan fingerprint density at radius 1 is 0.836 bits per heavy atom. The smallest absolute Gasteiger partial charge is 0.289 e. The second-order valence-electron chi connectivity index (χ2n) is 19.3. The molecular formula is C43H68N6O6. The molecule has 2 saturated heterocycles. The molecule has 6 fully saturated rings. The lowest BCUT2D eigenvalue weighted by Crippen LogP contribution is -2.59. The van der Waals surface area contributed by atoms with Gasteiger partial charge in [-0.25, -0.2) is 0 Å². The highest BCUT2D eigenvalue weighted by Gasteiger charge is 2.85. The number of allylic oxidation sites excluding steroid dienone is 1. The van der Waals surface area contributed by atoms with Gasteiger partial charge in [0.2, 0.25) is 23.5 Å². The minimum absolute atomic E-state index is 0.0128. The first-order valence-electron chi connectivity index (χ1n) is 21.5. The third kappa shape index (κ3) is 7.87. The average molecular weight is 765 g/mol. The summed E-state index contributed by atoms with van der Waals surface area (Å²) in [7, 11) is 0. The molecule has 4 aliphatic carbocycles. The Hall–Kier alpha value is -3.28. The van der Waals surface area contributed by atoms with E-state index in [-0.39, 0.29) is 45.7 Å². The molecule has 2 heterocycles. The van der Waals surface area contributed by atoms with Crippen LogP contribution < -0.4 is 21.3 Å². The van der Waals surface area contributed by atoms with Gasteiger partial charge in [-0.15, -0.1) is 0 Å². The molecule has 4 N–H and O–H groups in total. The Kier molecular flexibility index (Phi) is 12.0. The number of carbonyl (C=O) groups is 6. The molecule has 12 heteroatoms. The van der Waals surface area contributed by atoms with Gasteiger partial charge < -0.3 is 31.1 Å². The molecule has 306 valence electrons. The van der Waals surface area contributed by atoms with Gasteiger partial charge in [-0.2, -0.15) is 0 Å². The number of likely N-dealkylation sites (tertiary alicyclic amines) is 2. The Morgan fingerprint density at radius 3 is 2.09 bits per heavy atom. The number of nitrogens with zero attached hydrogens (tertiary/aromatic N) is 2. The Morgan fingerprint density at radius 2 is 1.53 bits per heavy atom. The van der Waals surface area contributed by atoms with Crippen molar-refractivity contribution in [3.63, 3.8) is 0 Å². The number of fused-ring (bicyclic) bond motifs is 1. The maximum atomic E-state index is 15.1. The summed E-state index contributed by atoms with van der Waals surface area (Å²) in [6, 6.07) is -2.84. The van der Waals surface area contributed by atoms with Crippen molar-refractivity contribution in [2.24, 2.45) is 27.6 Å². The number of hydrogen-bond donors (Lipinski definition) is 4. The largest absolute Gasteiger partial charge is 0.347 e. The van der Waals surface area contributed by atoms with Gasteiger partial charge in [-0.05, 0) is 112 Å². The molecule has 0 aromatic carbocycles. The lowest BCUT2D eigenvalue weighted by atomic mass is 9.73. The zero-order valence-electron chi connectivity index (χ0n) is 34.7. The van der Waals surface area contributed by atoms with E-state index in [1.165, 1.54) is 0 Å². The summed E-state index contributed by atoms with van der Waals surface area (Å²) in [6.07, 6.45) is 12.3. The SMILES string of the molecule is CCC[C@H](NC(=O)[C@@H]1C[C@@]2(CN1C(=O)[C@@H](NC(=O)C(NC(=O)[C@@H]1CCCN(CC)C1)=C1CCCCC1)C(C)(C)C)C(C)(C)C21CCC1)C(=O)C(=O)NC1CC1. The predicted octanol–water partition coefficient (Wildman–Crippen LogP) is 4.51. The molecule has 5 amide bonds. The molecule has 5 atom stereocenters. The summed E-state index contributed by atoms with van der Waals surface area (Å²) in [5.41, 5.74) is 0.120. The van der Waals surface area contributed by atoms with E-state index in [2.05, 4.69) is 46.9 Å². The monoisotopic (exact) mass is 765 g/mol. The minimum Gasteiger partial charge on any atom is -0.347 e. The highest BCUT2D eigenvalue weighted by Crippen LogP contribution is 2.88. The van der Waals surface area contributed by atoms with Gasteiger partial charge in [0.1, 0.15) is 17.8 Å². The molecule has 2 aliphatic heterocycles. The van der Waals surface area contributed by atoms with Crippen LogP contribution in [0.4, 0.5) is 0 Å². The number of rotatable bonds is 13. The molecule has 55 heavy (non-hydrogen) atoms. The molecule has 0 bridgehead atoms. The standard InChI is InChI=1S/C43H68N6O6/c1-8-15-30(33(50)38(54)44-29-19-20-29)45-36(52)31-24-43(41(6,7)42(43)21-14-22-42)26-49(31)39(55)34(40(3,4)5)47-37(53)32(27-16-11-10-12-17-27)46-35(51)28-18-13-23-48(9-2)25-28/h28-31,34H,8-26H2,1-7H3,(H,44,54)(H,45,52)(H,46,51)(H,47,53)/t28-,30+,31+,34-,43-/m1/s1. The van der Waals surface area contributed by atoms with E-state index in [1.807, 2.05) is 27.7 Å². The van der Waals surface area contributed by atoms with E-state index in [0.29, 0.717) is 45.2 Å². The Balaban J connectivity index is 1.26. The second-order valence-corrected chi connectivity index (χ2v) is 19.3. The number of piperidine rings is 1. The van der Waals surface area contributed by atoms with Crippen molar-refractivity contribution in [2.75, 3.05) is 26.2 Å². The number of amides is 5. The van der Waals surface area contributed by atoms with Gasteiger partial charge in [0.25, 0.3) is 11.8 Å². The van der Waals surface area contributed by atoms with Crippen LogP contribution >= 0.6 is 0 Å². The molecular weight excluding hydrogens is 697 g/mol. The molecule has 0 aromatic rings. The van der Waals surface area contributed by atoms with Gasteiger partial charge in [-0.3, -0.25) is 28.8 Å². The third-order valence-electron chi connectivity index (χ3n) is 14.7. The molecule has 6 rings (SSSR count). The quantitative estimate of drug-likeness (QED) is 0.159. The minimum atomic E-state index is -0.997. The van der Waals surface area contributed by atoms with Crippen LogP contribution in [0, 0.1) is 27.6 Å². The first kappa shape index (κ1) is 41.4. The lowest BCUT2D eigenvalue weighted by molar-refractivity contribution is -0.145. The van der Waals surface area contributed by atoms with Crippen LogP contribution in [0.15, 0.2) is 11.3 Å². The van der Waals surface area contributed by atoms with Gasteiger partial charge >= 0.3 is 0 Å². The zero-order valence-corrected chi connectivity index (χ0v) is 34.7. The van der Waals surface area contributed by atoms with Crippen molar-refractivity contribution in [3.05, 3.63) is 11.3 Å². The van der Waals surface area contributed by atoms with Gasteiger partial charge in [0, 0.05) is 24.5 Å². The van der Waals surface area contributed by atoms with Crippen molar-refractivity contribution in [3.8, 4) is 0 Å². The summed E-state index contributed by atoms with van der Waals surface area (Å²) in [4.78, 5) is 87.9. The number of Topliss-reactive ketones (excluding diaryl/α,β-unsaturated/α-hetero) is 1. The normalized spacial score (nSPS) is 28.1. The number of ketones is 1. The fourth-order valence-electron chi connectivity index (χ4n) is 10.9. The Labute approximate surface area is 328 Å². The van der Waals surface area contributed by atoms with Crippen LogP contribution in [0.2, 0.25) is 0 Å². The van der Waals surface area contributed by atoms with E-state index in [1.54, 1.807) is 4.90 Å². The summed E-state index contributed by atoms with van der Waals surface area (Å²) >= 11 is 0. The molecule has 0 radical (unpaired) electrons. The number of nitrogens with one attached hydrogen (secondary N) is 4. The van der Waals surface area contributed by atoms with E-state index >= 15 is 4.79 Å². The molecule has 4 saturated carbocycles. The summed E-state index contributed by atoms with van der Waals surface area (Å²) in [6.45, 7) is 17.1. The maximum Gasteiger partial charge on any atom is 0.289 e. The fourth-order valence-corrected chi connectivity index (χ4v) is 10.9. The van der Waals surface area contributed by atoms with Gasteiger partial charge in [0.05, 0.1) is 12.0 Å². The van der Waals surface area contributed by atoms with Crippen molar-refractivity contribution in [1.82, 2.24) is 31.1 Å². The van der Waals surface area contributed by atoms with Gasteiger partial charge in [-0.1, -0.05) is 67.7 Å². The maximum absolute atomic E-state index is 15.1. The molecule has 6 aliphatic rings. The van der Waals surface area contributed by atoms with Crippen molar-refractivity contribution in [2.45, 2.75) is 169 Å². The first-order chi connectivity index (χ1) is 26.0. The van der Waals surface area contributed by atoms with E-state index in [4.69, 9.17) is 0 Å². The van der Waals surface area contributed by atoms with Crippen molar-refractivity contribution >= 4 is 35.3 Å². The molecule has 0 aromatic heterocycles. The van der Waals surface area contributed by atoms with Crippen LogP contribution in [0.25, 0.3) is 0 Å². The highest BCUT2D eigenvalue weighted by molar-refractivity contribution is 6.38. The van der Waals surface area contributed by atoms with Crippen LogP contribution in [0.5, 0.6) is 0 Å². The van der Waals surface area contributed by atoms with E-state index in [0.717, 1.165) is 82.9 Å². The zero-order chi connectivity index (χ0) is 39.9. The number of carbonyl (C=O) groups excluding carboxylic acids is 6. The van der Waals surface area contributed by atoms with Gasteiger partial charge in [0.15, 0.2) is 0 Å². The van der Waals surface area contributed by atoms with E-state index < -0.39 is 47.0 Å². The summed E-state index contributed by atoms with van der Waals surface area (Å²) < 4.78 is 0. The average Bonchev–Trinajstić information content (AvgIpc) is 3.96. The van der Waals surface area contributed by atoms with Crippen LogP contribution in [-0.2, 0) is 28.8 Å². The summed E-state index contributed by atoms with van der Waals surface area (Å²) in [5.74, 6) is -2.94. The lowest BCUT2D eigenvalue weighted by Gasteiger charge is -2.36. The topological polar surface area (TPSA) is 157 Å². The highest BCUT2D eigenvalue weighted by atomic mass is 16.2. The van der Waals surface area contributed by atoms with Crippen molar-refractivity contribution < 1.29 is 28.8 Å².